The Morgan fingerprint density at radius 1 is 0.442 bits per heavy atom. The van der Waals surface area contributed by atoms with E-state index in [2.05, 4.69) is 25.3 Å². The Bertz CT molecular complexity index is 3630. The zero-order chi connectivity index (χ0) is 53.4. The second-order valence-electron chi connectivity index (χ2n) is 16.5. The maximum absolute atomic E-state index is 12.9. The molecule has 0 bridgehead atoms. The molecule has 10 rings (SSSR count). The third-order valence-electron chi connectivity index (χ3n) is 11.6. The van der Waals surface area contributed by atoms with E-state index in [0.717, 1.165) is 50.1 Å². The normalized spacial score (nSPS) is 10.2. The summed E-state index contributed by atoms with van der Waals surface area (Å²) >= 11 is 0. The number of anilines is 3. The van der Waals surface area contributed by atoms with Crippen molar-refractivity contribution < 1.29 is 76.9 Å². The summed E-state index contributed by atoms with van der Waals surface area (Å²) in [7, 11) is 2.64. The molecule has 0 aliphatic rings. The number of carbonyl (C=O) groups excluding carboxylic acids is 5. The van der Waals surface area contributed by atoms with Crippen LogP contribution in [0.25, 0.3) is 55.6 Å². The number of aromatic carboxylic acids is 1. The Labute approximate surface area is 464 Å². The molecular formula is C61H46N5NaO10. The zero-order valence-corrected chi connectivity index (χ0v) is 43.8. The Morgan fingerprint density at radius 2 is 0.831 bits per heavy atom. The molecule has 16 heteroatoms. The number of aromatic nitrogens is 2. The molecule has 4 aromatic heterocycles. The third-order valence-corrected chi connectivity index (χ3v) is 11.6. The predicted octanol–water partition coefficient (Wildman–Crippen LogP) is 8.40. The van der Waals surface area contributed by atoms with Crippen molar-refractivity contribution in [3.8, 4) is 55.6 Å². The van der Waals surface area contributed by atoms with E-state index < -0.39 is 23.8 Å². The SMILES string of the molecule is COC(=O)c1ccc(-c2ccccc2)cc1N.COC(=O)c1ccc(-c2ccccc2)cc1NC(=O)c1cncc(-c2ccoc2)c1.O=C(Nc1cc(-c2ccccc2)ccc1C(=O)[O-])c1cncc(-c2ccoc2)c1.[Na+]. The standard InChI is InChI=1S/C24H18N2O4.C23H16N2O4.C14H13NO2.Na/c1-29-24(28)21-8-7-17(16-5-3-2-4-6-16)12-22(21)26-23(27)20-11-19(13-25-14-20)18-9-10-30-15-18;26-22(19-10-18(12-24-13-19)17-8-9-29-14-17)25-21-11-16(6-7-20(21)23(27)28)15-4-2-1-3-5-15;1-17-14(16)12-8-7-11(9-13(12)15)10-5-3-2-4-6-10;/h2-15H,1H3,(H,26,27);1-14H,(H,25,26)(H,27,28);2-9H,15H2,1H3;/q;;;+1/p-1. The van der Waals surface area contributed by atoms with Crippen LogP contribution in [-0.2, 0) is 9.47 Å². The van der Waals surface area contributed by atoms with Gasteiger partial charge in [-0.15, -0.1) is 0 Å². The average molecular weight is 1030 g/mol. The summed E-state index contributed by atoms with van der Waals surface area (Å²) in [6.45, 7) is 0. The number of nitrogens with two attached hydrogens (primary N) is 1. The number of amides is 2. The van der Waals surface area contributed by atoms with Crippen molar-refractivity contribution in [2.75, 3.05) is 30.6 Å². The number of rotatable bonds is 12. The van der Waals surface area contributed by atoms with Gasteiger partial charge in [-0.25, -0.2) is 9.59 Å². The largest absolute Gasteiger partial charge is 1.00 e. The number of ether oxygens (including phenoxy) is 2. The second-order valence-corrected chi connectivity index (χ2v) is 16.5. The number of nitrogens with one attached hydrogen (secondary N) is 2. The molecule has 6 aromatic carbocycles. The summed E-state index contributed by atoms with van der Waals surface area (Å²) in [4.78, 5) is 69.0. The van der Waals surface area contributed by atoms with Crippen LogP contribution in [0.5, 0.6) is 0 Å². The predicted molar refractivity (Wildman–Crippen MR) is 287 cm³/mol. The van der Waals surface area contributed by atoms with Gasteiger partial charge in [0.25, 0.3) is 11.8 Å². The van der Waals surface area contributed by atoms with E-state index in [0.29, 0.717) is 28.1 Å². The van der Waals surface area contributed by atoms with E-state index in [1.54, 1.807) is 91.8 Å². The molecule has 4 N–H and O–H groups in total. The van der Waals surface area contributed by atoms with Gasteiger partial charge >= 0.3 is 41.5 Å². The number of furan rings is 2. The van der Waals surface area contributed by atoms with E-state index in [9.17, 15) is 29.1 Å². The average Bonchev–Trinajstić information content (AvgIpc) is 4.23. The number of carboxylic acid groups (broad SMARTS) is 1. The van der Waals surface area contributed by atoms with Crippen LogP contribution in [0.2, 0.25) is 0 Å². The first-order valence-corrected chi connectivity index (χ1v) is 23.3. The molecule has 0 saturated heterocycles. The van der Waals surface area contributed by atoms with Crippen molar-refractivity contribution in [2.45, 2.75) is 0 Å². The van der Waals surface area contributed by atoms with Crippen molar-refractivity contribution in [1.29, 1.82) is 0 Å². The van der Waals surface area contributed by atoms with Crippen molar-refractivity contribution in [3.05, 3.63) is 248 Å². The number of benzene rings is 6. The van der Waals surface area contributed by atoms with Gasteiger partial charge in [-0.2, -0.15) is 0 Å². The second kappa shape index (κ2) is 26.5. The molecule has 0 radical (unpaired) electrons. The van der Waals surface area contributed by atoms with Crippen LogP contribution < -0.4 is 51.0 Å². The van der Waals surface area contributed by atoms with E-state index in [-0.39, 0.29) is 57.8 Å². The van der Waals surface area contributed by atoms with Gasteiger partial charge in [0.05, 0.1) is 78.9 Å². The molecule has 376 valence electrons. The number of methoxy groups -OCH3 is 2. The molecule has 0 aliphatic carbocycles. The van der Waals surface area contributed by atoms with Crippen molar-refractivity contribution >= 4 is 46.8 Å². The summed E-state index contributed by atoms with van der Waals surface area (Å²) in [5.74, 6) is -3.18. The van der Waals surface area contributed by atoms with Gasteiger partial charge in [-0.05, 0) is 88.0 Å². The van der Waals surface area contributed by atoms with Crippen LogP contribution in [0.15, 0.2) is 229 Å². The Hall–Kier alpha value is -9.67. The summed E-state index contributed by atoms with van der Waals surface area (Å²) in [6, 6.07) is 51.2. The van der Waals surface area contributed by atoms with E-state index in [1.165, 1.54) is 38.9 Å². The van der Waals surface area contributed by atoms with Gasteiger partial charge in [-0.1, -0.05) is 115 Å². The minimum Gasteiger partial charge on any atom is -0.545 e. The molecular weight excluding hydrogens is 986 g/mol. The Morgan fingerprint density at radius 3 is 1.22 bits per heavy atom. The first kappa shape index (κ1) is 55.1. The number of carbonyl (C=O) groups is 5. The maximum atomic E-state index is 12.9. The molecule has 77 heavy (non-hydrogen) atoms. The summed E-state index contributed by atoms with van der Waals surface area (Å²) in [6.07, 6.45) is 12.4. The van der Waals surface area contributed by atoms with Gasteiger partial charge in [0, 0.05) is 58.3 Å². The molecule has 15 nitrogen and oxygen atoms in total. The van der Waals surface area contributed by atoms with E-state index >= 15 is 0 Å². The molecule has 0 atom stereocenters. The molecule has 2 amide bonds. The van der Waals surface area contributed by atoms with E-state index in [1.807, 2.05) is 103 Å². The van der Waals surface area contributed by atoms with Crippen LogP contribution in [0.1, 0.15) is 51.8 Å². The van der Waals surface area contributed by atoms with Crippen molar-refractivity contribution in [2.24, 2.45) is 0 Å². The van der Waals surface area contributed by atoms with Gasteiger partial charge < -0.3 is 44.6 Å². The summed E-state index contributed by atoms with van der Waals surface area (Å²) in [5, 5.41) is 17.0. The van der Waals surface area contributed by atoms with Crippen molar-refractivity contribution in [1.82, 2.24) is 9.97 Å². The van der Waals surface area contributed by atoms with Gasteiger partial charge in [0.15, 0.2) is 0 Å². The quantitative estimate of drug-likeness (QED) is 0.0594. The van der Waals surface area contributed by atoms with E-state index in [4.69, 9.17) is 19.3 Å². The smallest absolute Gasteiger partial charge is 0.545 e. The van der Waals surface area contributed by atoms with Crippen LogP contribution in [0.3, 0.4) is 0 Å². The van der Waals surface area contributed by atoms with Gasteiger partial charge in [0.1, 0.15) is 0 Å². The molecule has 0 unspecified atom stereocenters. The van der Waals surface area contributed by atoms with Crippen LogP contribution in [0, 0.1) is 0 Å². The maximum Gasteiger partial charge on any atom is 1.00 e. The Balaban J connectivity index is 0.000000173. The number of esters is 2. The summed E-state index contributed by atoms with van der Waals surface area (Å²) < 4.78 is 19.7. The number of carboxylic acids is 1. The third kappa shape index (κ3) is 14.1. The van der Waals surface area contributed by atoms with Crippen LogP contribution in [-0.4, -0.2) is 53.9 Å². The fourth-order valence-electron chi connectivity index (χ4n) is 7.74. The number of nitrogen functional groups attached to an aromatic ring is 1. The number of hydrogen-bond acceptors (Lipinski definition) is 13. The van der Waals surface area contributed by atoms with Gasteiger partial charge in [-0.3, -0.25) is 19.6 Å². The number of pyridine rings is 2. The minimum absolute atomic E-state index is 0. The topological polar surface area (TPSA) is 229 Å². The van der Waals surface area contributed by atoms with Crippen LogP contribution in [0.4, 0.5) is 17.1 Å². The number of hydrogen-bond donors (Lipinski definition) is 3. The van der Waals surface area contributed by atoms with Gasteiger partial charge in [0.2, 0.25) is 0 Å². The molecule has 4 heterocycles. The number of nitrogens with zero attached hydrogens (tertiary/aromatic N) is 2. The molecule has 0 saturated carbocycles. The molecule has 0 fully saturated rings. The molecule has 0 spiro atoms. The van der Waals surface area contributed by atoms with Crippen LogP contribution >= 0.6 is 0 Å². The molecule has 10 aromatic rings. The molecule has 0 aliphatic heterocycles. The van der Waals surface area contributed by atoms with Crippen molar-refractivity contribution in [3.63, 3.8) is 0 Å². The first-order valence-electron chi connectivity index (χ1n) is 23.3. The monoisotopic (exact) mass is 1030 g/mol. The first-order chi connectivity index (χ1) is 37.0. The minimum atomic E-state index is -1.37. The summed E-state index contributed by atoms with van der Waals surface area (Å²) in [5.41, 5.74) is 16.6. The Kier molecular flexibility index (Phi) is 19.0. The fourth-order valence-corrected chi connectivity index (χ4v) is 7.74. The zero-order valence-electron chi connectivity index (χ0n) is 41.8. The fraction of sp³-hybridized carbons (Fsp3) is 0.0328.